The molecule has 0 spiro atoms. The molecule has 0 aliphatic carbocycles. The van der Waals surface area contributed by atoms with Gasteiger partial charge in [0.2, 0.25) is 0 Å². The third-order valence-corrected chi connectivity index (χ3v) is 2.61. The van der Waals surface area contributed by atoms with Crippen LogP contribution in [0.25, 0.3) is 0 Å². The molecule has 0 fully saturated rings. The summed E-state index contributed by atoms with van der Waals surface area (Å²) >= 11 is 0. The fourth-order valence-corrected chi connectivity index (χ4v) is 1.58. The molecule has 4 heteroatoms. The number of hydrogen-bond donors (Lipinski definition) is 0. The maximum Gasteiger partial charge on any atom is 0.123 e. The van der Waals surface area contributed by atoms with Crippen molar-refractivity contribution in [3.63, 3.8) is 0 Å². The summed E-state index contributed by atoms with van der Waals surface area (Å²) in [7, 11) is 3.15. The van der Waals surface area contributed by atoms with Crippen LogP contribution in [0.15, 0.2) is 54.4 Å². The van der Waals surface area contributed by atoms with Gasteiger partial charge in [0.05, 0.1) is 13.2 Å². The Bertz CT molecular complexity index is 520. The lowest BCUT2D eigenvalue weighted by atomic mass is 10.1. The van der Waals surface area contributed by atoms with Gasteiger partial charge in [-0.2, -0.15) is 0 Å². The molecule has 1 aromatic rings. The highest BCUT2D eigenvalue weighted by Crippen LogP contribution is 2.10. The second-order valence-electron chi connectivity index (χ2n) is 4.62. The normalized spacial score (nSPS) is 11.3. The Morgan fingerprint density at radius 1 is 1.27 bits per heavy atom. The van der Waals surface area contributed by atoms with Crippen molar-refractivity contribution in [1.82, 2.24) is 0 Å². The Labute approximate surface area is 131 Å². The van der Waals surface area contributed by atoms with Crippen molar-refractivity contribution in [3.05, 3.63) is 71.4 Å². The molecule has 2 nitrogen and oxygen atoms in total. The SMILES string of the molecule is C=C(/C=C(F)\C=C/C)COC.COCc1cc(F)ccc1C. The Kier molecular flexibility index (Phi) is 10.9. The number of methoxy groups -OCH3 is 2. The lowest BCUT2D eigenvalue weighted by Crippen LogP contribution is -1.92. The van der Waals surface area contributed by atoms with E-state index in [1.165, 1.54) is 24.3 Å². The summed E-state index contributed by atoms with van der Waals surface area (Å²) in [5, 5.41) is 0. The smallest absolute Gasteiger partial charge is 0.123 e. The van der Waals surface area contributed by atoms with Crippen LogP contribution in [0.3, 0.4) is 0 Å². The summed E-state index contributed by atoms with van der Waals surface area (Å²) in [5.74, 6) is -0.503. The summed E-state index contributed by atoms with van der Waals surface area (Å²) in [5.41, 5.74) is 2.60. The third-order valence-electron chi connectivity index (χ3n) is 2.61. The number of hydrogen-bond acceptors (Lipinski definition) is 2. The lowest BCUT2D eigenvalue weighted by Gasteiger charge is -2.03. The van der Waals surface area contributed by atoms with Crippen molar-refractivity contribution in [2.24, 2.45) is 0 Å². The van der Waals surface area contributed by atoms with Crippen LogP contribution in [0, 0.1) is 12.7 Å². The molecule has 0 N–H and O–H groups in total. The first-order valence-corrected chi connectivity index (χ1v) is 6.85. The molecule has 0 unspecified atom stereocenters. The molecule has 0 amide bonds. The Morgan fingerprint density at radius 3 is 2.50 bits per heavy atom. The van der Waals surface area contributed by atoms with Gasteiger partial charge in [0.15, 0.2) is 0 Å². The van der Waals surface area contributed by atoms with Gasteiger partial charge in [-0.25, -0.2) is 8.78 Å². The van der Waals surface area contributed by atoms with Crippen molar-refractivity contribution in [1.29, 1.82) is 0 Å². The number of benzene rings is 1. The number of allylic oxidation sites excluding steroid dienone is 3. The second-order valence-corrected chi connectivity index (χ2v) is 4.62. The predicted octanol–water partition coefficient (Wildman–Crippen LogP) is 4.90. The van der Waals surface area contributed by atoms with Gasteiger partial charge in [0, 0.05) is 14.2 Å². The molecule has 22 heavy (non-hydrogen) atoms. The predicted molar refractivity (Wildman–Crippen MR) is 86.9 cm³/mol. The molecule has 0 radical (unpaired) electrons. The van der Waals surface area contributed by atoms with Crippen LogP contribution in [0.5, 0.6) is 0 Å². The van der Waals surface area contributed by atoms with Crippen molar-refractivity contribution in [3.8, 4) is 0 Å². The molecule has 0 aliphatic heterocycles. The molecule has 1 rings (SSSR count). The van der Waals surface area contributed by atoms with E-state index in [-0.39, 0.29) is 11.6 Å². The summed E-state index contributed by atoms with van der Waals surface area (Å²) < 4.78 is 34.9. The highest BCUT2D eigenvalue weighted by molar-refractivity contribution is 5.25. The molecule has 0 aliphatic rings. The van der Waals surface area contributed by atoms with E-state index in [4.69, 9.17) is 9.47 Å². The van der Waals surface area contributed by atoms with Gasteiger partial charge in [0.1, 0.15) is 11.6 Å². The van der Waals surface area contributed by atoms with Crippen LogP contribution >= 0.6 is 0 Å². The van der Waals surface area contributed by atoms with Gasteiger partial charge in [0.25, 0.3) is 0 Å². The fraction of sp³-hybridized carbons (Fsp3) is 0.333. The van der Waals surface area contributed by atoms with E-state index in [1.54, 1.807) is 33.3 Å². The Hall–Kier alpha value is -1.78. The minimum atomic E-state index is -0.297. The van der Waals surface area contributed by atoms with Gasteiger partial charge in [-0.05, 0) is 54.8 Å². The molecule has 0 bridgehead atoms. The zero-order valence-electron chi connectivity index (χ0n) is 13.7. The number of aryl methyl sites for hydroxylation is 1. The quantitative estimate of drug-likeness (QED) is 0.696. The van der Waals surface area contributed by atoms with Crippen LogP contribution in [0.4, 0.5) is 8.78 Å². The number of ether oxygens (including phenoxy) is 2. The van der Waals surface area contributed by atoms with E-state index in [1.807, 2.05) is 6.92 Å². The first kappa shape index (κ1) is 20.2. The summed E-state index contributed by atoms with van der Waals surface area (Å²) in [6, 6.07) is 4.71. The van der Waals surface area contributed by atoms with Crippen molar-refractivity contribution in [2.45, 2.75) is 20.5 Å². The molecule has 0 atom stereocenters. The maximum atomic E-state index is 12.6. The van der Waals surface area contributed by atoms with Gasteiger partial charge >= 0.3 is 0 Å². The third kappa shape index (κ3) is 9.21. The van der Waals surface area contributed by atoms with E-state index in [0.29, 0.717) is 18.8 Å². The van der Waals surface area contributed by atoms with Crippen LogP contribution in [-0.2, 0) is 16.1 Å². The van der Waals surface area contributed by atoms with Crippen LogP contribution in [0.1, 0.15) is 18.1 Å². The van der Waals surface area contributed by atoms with Crippen LogP contribution in [0.2, 0.25) is 0 Å². The molecule has 0 heterocycles. The molecule has 1 aromatic carbocycles. The molecular weight excluding hydrogens is 286 g/mol. The fourth-order valence-electron chi connectivity index (χ4n) is 1.58. The first-order valence-electron chi connectivity index (χ1n) is 6.85. The van der Waals surface area contributed by atoms with E-state index in [0.717, 1.165) is 11.1 Å². The molecule has 0 saturated carbocycles. The average Bonchev–Trinajstić information content (AvgIpc) is 2.44. The second kappa shape index (κ2) is 11.8. The lowest BCUT2D eigenvalue weighted by molar-refractivity contribution is 0.184. The Balaban J connectivity index is 0.000000401. The topological polar surface area (TPSA) is 18.5 Å². The zero-order chi connectivity index (χ0) is 17.0. The van der Waals surface area contributed by atoms with Gasteiger partial charge in [-0.3, -0.25) is 0 Å². The number of halogens is 2. The van der Waals surface area contributed by atoms with Crippen molar-refractivity contribution < 1.29 is 18.3 Å². The van der Waals surface area contributed by atoms with Crippen LogP contribution < -0.4 is 0 Å². The first-order chi connectivity index (χ1) is 10.4. The largest absolute Gasteiger partial charge is 0.380 e. The minimum absolute atomic E-state index is 0.206. The standard InChI is InChI=1S/C9H11FO.C9H13FO/c1-7-3-4-9(10)5-8(7)6-11-2;1-4-5-9(10)6-8(2)7-11-3/h3-5H,6H2,1-2H3;4-6H,2,7H2,1,3H3/b;5-4-,9-6+. The summed E-state index contributed by atoms with van der Waals surface area (Å²) in [6.07, 6.45) is 4.36. The number of rotatable bonds is 6. The maximum absolute atomic E-state index is 12.6. The minimum Gasteiger partial charge on any atom is -0.380 e. The van der Waals surface area contributed by atoms with Gasteiger partial charge in [-0.15, -0.1) is 0 Å². The van der Waals surface area contributed by atoms with E-state index in [2.05, 4.69) is 6.58 Å². The molecule has 0 saturated heterocycles. The summed E-state index contributed by atoms with van der Waals surface area (Å²) in [4.78, 5) is 0. The van der Waals surface area contributed by atoms with Gasteiger partial charge < -0.3 is 9.47 Å². The highest BCUT2D eigenvalue weighted by atomic mass is 19.1. The average molecular weight is 310 g/mol. The van der Waals surface area contributed by atoms with E-state index < -0.39 is 0 Å². The monoisotopic (exact) mass is 310 g/mol. The highest BCUT2D eigenvalue weighted by Gasteiger charge is 1.98. The van der Waals surface area contributed by atoms with Crippen molar-refractivity contribution in [2.75, 3.05) is 20.8 Å². The van der Waals surface area contributed by atoms with Crippen LogP contribution in [-0.4, -0.2) is 20.8 Å². The molecular formula is C18H24F2O2. The summed E-state index contributed by atoms with van der Waals surface area (Å²) in [6.45, 7) is 8.13. The van der Waals surface area contributed by atoms with E-state index >= 15 is 0 Å². The zero-order valence-corrected chi connectivity index (χ0v) is 13.7. The Morgan fingerprint density at radius 2 is 1.95 bits per heavy atom. The molecule has 122 valence electrons. The molecule has 0 aromatic heterocycles. The van der Waals surface area contributed by atoms with E-state index in [9.17, 15) is 8.78 Å². The van der Waals surface area contributed by atoms with Crippen molar-refractivity contribution >= 4 is 0 Å². The van der Waals surface area contributed by atoms with Gasteiger partial charge in [-0.1, -0.05) is 18.7 Å².